The quantitative estimate of drug-likeness (QED) is 0.738. The molecular weight excluding hydrogens is 220 g/mol. The van der Waals surface area contributed by atoms with Crippen LogP contribution in [0.3, 0.4) is 0 Å². The van der Waals surface area contributed by atoms with Crippen molar-refractivity contribution in [2.24, 2.45) is 5.92 Å². The van der Waals surface area contributed by atoms with E-state index in [1.807, 2.05) is 7.05 Å². The van der Waals surface area contributed by atoms with Crippen LogP contribution in [0.5, 0.6) is 0 Å². The third-order valence-corrected chi connectivity index (χ3v) is 3.05. The molecule has 1 aliphatic rings. The number of aromatic nitrogens is 4. The number of carbonyl (C=O) groups excluding carboxylic acids is 1. The minimum atomic E-state index is 0.0443. The van der Waals surface area contributed by atoms with E-state index in [2.05, 4.69) is 20.8 Å². The Labute approximate surface area is 100 Å². The van der Waals surface area contributed by atoms with Gasteiger partial charge in [0.1, 0.15) is 12.9 Å². The molecule has 0 aromatic carbocycles. The van der Waals surface area contributed by atoms with Crippen LogP contribution in [0.25, 0.3) is 0 Å². The van der Waals surface area contributed by atoms with Gasteiger partial charge in [-0.15, -0.1) is 5.10 Å². The fourth-order valence-electron chi connectivity index (χ4n) is 2.08. The molecule has 0 aliphatic carbocycles. The molecule has 17 heavy (non-hydrogen) atoms. The molecule has 1 N–H and O–H groups in total. The van der Waals surface area contributed by atoms with Crippen molar-refractivity contribution < 1.29 is 4.79 Å². The molecule has 0 saturated carbocycles. The Kier molecular flexibility index (Phi) is 4.03. The summed E-state index contributed by atoms with van der Waals surface area (Å²) in [6.45, 7) is 3.11. The number of tetrazole rings is 1. The highest BCUT2D eigenvalue weighted by molar-refractivity contribution is 5.75. The topological polar surface area (TPSA) is 75.9 Å². The van der Waals surface area contributed by atoms with E-state index >= 15 is 0 Å². The average Bonchev–Trinajstić information content (AvgIpc) is 2.83. The predicted molar refractivity (Wildman–Crippen MR) is 61.0 cm³/mol. The van der Waals surface area contributed by atoms with Gasteiger partial charge >= 0.3 is 0 Å². The summed E-state index contributed by atoms with van der Waals surface area (Å²) in [7, 11) is 1.83. The molecular formula is C10H18N6O. The van der Waals surface area contributed by atoms with E-state index in [0.29, 0.717) is 5.92 Å². The summed E-state index contributed by atoms with van der Waals surface area (Å²) in [4.78, 5) is 13.6. The van der Waals surface area contributed by atoms with Crippen LogP contribution in [0.4, 0.5) is 0 Å². The van der Waals surface area contributed by atoms with Crippen molar-refractivity contribution in [3.8, 4) is 0 Å². The Bertz CT molecular complexity index is 346. The molecule has 1 atom stereocenters. The number of likely N-dealkylation sites (N-methyl/N-ethyl adjacent to an activating group) is 1. The van der Waals surface area contributed by atoms with Crippen LogP contribution >= 0.6 is 0 Å². The minimum Gasteiger partial charge on any atom is -0.344 e. The molecule has 1 aliphatic heterocycles. The second-order valence-corrected chi connectivity index (χ2v) is 4.49. The summed E-state index contributed by atoms with van der Waals surface area (Å²) >= 11 is 0. The first-order chi connectivity index (χ1) is 8.25. The van der Waals surface area contributed by atoms with E-state index in [1.165, 1.54) is 23.9 Å². The number of amides is 1. The van der Waals surface area contributed by atoms with E-state index in [4.69, 9.17) is 0 Å². The maximum absolute atomic E-state index is 11.9. The fourth-order valence-corrected chi connectivity index (χ4v) is 2.08. The number of nitrogens with zero attached hydrogens (tertiary/aromatic N) is 5. The lowest BCUT2D eigenvalue weighted by Gasteiger charge is -2.27. The normalized spacial score (nSPS) is 20.2. The molecule has 1 aromatic rings. The van der Waals surface area contributed by atoms with Crippen LogP contribution in [0.15, 0.2) is 6.33 Å². The van der Waals surface area contributed by atoms with Gasteiger partial charge in [-0.2, -0.15) is 0 Å². The third kappa shape index (κ3) is 3.48. The second kappa shape index (κ2) is 5.72. The van der Waals surface area contributed by atoms with Gasteiger partial charge in [-0.1, -0.05) is 0 Å². The molecule has 0 radical (unpaired) electrons. The van der Waals surface area contributed by atoms with Gasteiger partial charge in [-0.3, -0.25) is 4.79 Å². The highest BCUT2D eigenvalue weighted by atomic mass is 16.2. The van der Waals surface area contributed by atoms with Crippen molar-refractivity contribution in [3.63, 3.8) is 0 Å². The molecule has 1 unspecified atom stereocenters. The van der Waals surface area contributed by atoms with Gasteiger partial charge in [0.25, 0.3) is 0 Å². The maximum Gasteiger partial charge on any atom is 0.244 e. The molecule has 7 heteroatoms. The second-order valence-electron chi connectivity index (χ2n) is 4.49. The van der Waals surface area contributed by atoms with Crippen LogP contribution in [-0.2, 0) is 11.3 Å². The van der Waals surface area contributed by atoms with Crippen LogP contribution in [0, 0.1) is 5.92 Å². The summed E-state index contributed by atoms with van der Waals surface area (Å²) in [6, 6.07) is 0. The Hall–Kier alpha value is -1.50. The zero-order chi connectivity index (χ0) is 12.1. The minimum absolute atomic E-state index is 0.0443. The number of piperidine rings is 1. The van der Waals surface area contributed by atoms with Gasteiger partial charge in [-0.25, -0.2) is 4.68 Å². The lowest BCUT2D eigenvalue weighted by Crippen LogP contribution is -2.40. The van der Waals surface area contributed by atoms with Crippen molar-refractivity contribution in [2.45, 2.75) is 19.4 Å². The van der Waals surface area contributed by atoms with Crippen LogP contribution < -0.4 is 5.32 Å². The average molecular weight is 238 g/mol. The largest absolute Gasteiger partial charge is 0.344 e. The zero-order valence-electron chi connectivity index (χ0n) is 10.0. The number of hydrogen-bond donors (Lipinski definition) is 1. The molecule has 1 aromatic heterocycles. The lowest BCUT2D eigenvalue weighted by molar-refractivity contribution is -0.131. The predicted octanol–water partition coefficient (Wildman–Crippen LogP) is -0.869. The monoisotopic (exact) mass is 238 g/mol. The molecule has 1 saturated heterocycles. The van der Waals surface area contributed by atoms with E-state index in [9.17, 15) is 4.79 Å². The standard InChI is InChI=1S/C10H18N6O/c1-15(6-9-3-2-4-11-5-9)10(17)7-16-8-12-13-14-16/h8-9,11H,2-7H2,1H3. The summed E-state index contributed by atoms with van der Waals surface area (Å²) in [5.41, 5.74) is 0. The maximum atomic E-state index is 11.9. The smallest absolute Gasteiger partial charge is 0.244 e. The van der Waals surface area contributed by atoms with E-state index in [1.54, 1.807) is 4.90 Å². The summed E-state index contributed by atoms with van der Waals surface area (Å²) in [5.74, 6) is 0.606. The van der Waals surface area contributed by atoms with Crippen LogP contribution in [0.1, 0.15) is 12.8 Å². The highest BCUT2D eigenvalue weighted by Crippen LogP contribution is 2.11. The van der Waals surface area contributed by atoms with Crippen molar-refractivity contribution >= 4 is 5.91 Å². The zero-order valence-corrected chi connectivity index (χ0v) is 10.0. The molecule has 1 amide bonds. The first-order valence-corrected chi connectivity index (χ1v) is 5.91. The number of rotatable bonds is 4. The Morgan fingerprint density at radius 1 is 1.65 bits per heavy atom. The van der Waals surface area contributed by atoms with Gasteiger partial charge in [0.15, 0.2) is 0 Å². The first-order valence-electron chi connectivity index (χ1n) is 5.91. The van der Waals surface area contributed by atoms with Crippen LogP contribution in [-0.4, -0.2) is 57.7 Å². The third-order valence-electron chi connectivity index (χ3n) is 3.05. The van der Waals surface area contributed by atoms with Gasteiger partial charge in [0.05, 0.1) is 0 Å². The molecule has 1 fully saturated rings. The number of carbonyl (C=O) groups is 1. The SMILES string of the molecule is CN(CC1CCCNC1)C(=O)Cn1cnnn1. The van der Waals surface area contributed by atoms with E-state index in [-0.39, 0.29) is 12.5 Å². The molecule has 7 nitrogen and oxygen atoms in total. The van der Waals surface area contributed by atoms with Crippen LogP contribution in [0.2, 0.25) is 0 Å². The Balaban J connectivity index is 1.78. The number of nitrogens with one attached hydrogen (secondary N) is 1. The summed E-state index contributed by atoms with van der Waals surface area (Å²) < 4.78 is 1.44. The van der Waals surface area contributed by atoms with Gasteiger partial charge < -0.3 is 10.2 Å². The van der Waals surface area contributed by atoms with Gasteiger partial charge in [0, 0.05) is 13.6 Å². The van der Waals surface area contributed by atoms with Crippen molar-refractivity contribution in [2.75, 3.05) is 26.7 Å². The van der Waals surface area contributed by atoms with Crippen molar-refractivity contribution in [1.29, 1.82) is 0 Å². The molecule has 2 rings (SSSR count). The summed E-state index contributed by atoms with van der Waals surface area (Å²) in [5, 5.41) is 14.0. The van der Waals surface area contributed by atoms with E-state index < -0.39 is 0 Å². The molecule has 94 valence electrons. The Morgan fingerprint density at radius 2 is 2.53 bits per heavy atom. The van der Waals surface area contributed by atoms with Gasteiger partial charge in [-0.05, 0) is 42.3 Å². The van der Waals surface area contributed by atoms with Gasteiger partial charge in [0.2, 0.25) is 5.91 Å². The molecule has 0 spiro atoms. The van der Waals surface area contributed by atoms with E-state index in [0.717, 1.165) is 19.6 Å². The summed E-state index contributed by atoms with van der Waals surface area (Å²) in [6.07, 6.45) is 3.84. The first kappa shape index (κ1) is 12.0. The van der Waals surface area contributed by atoms with Crippen molar-refractivity contribution in [3.05, 3.63) is 6.33 Å². The highest BCUT2D eigenvalue weighted by Gasteiger charge is 2.18. The molecule has 2 heterocycles. The lowest BCUT2D eigenvalue weighted by atomic mass is 9.99. The Morgan fingerprint density at radius 3 is 3.18 bits per heavy atom. The molecule has 0 bridgehead atoms. The fraction of sp³-hybridized carbons (Fsp3) is 0.800. The number of hydrogen-bond acceptors (Lipinski definition) is 5. The van der Waals surface area contributed by atoms with Crippen molar-refractivity contribution in [1.82, 2.24) is 30.4 Å².